The number of pyridine rings is 1. The summed E-state index contributed by atoms with van der Waals surface area (Å²) in [5.74, 6) is 2.96. The van der Waals surface area contributed by atoms with Crippen LogP contribution in [0.1, 0.15) is 25.3 Å². The minimum atomic E-state index is 0.230. The molecule has 2 aromatic heterocycles. The van der Waals surface area contributed by atoms with E-state index in [1.807, 2.05) is 19.2 Å². The first-order valence-electron chi connectivity index (χ1n) is 10.0. The van der Waals surface area contributed by atoms with Crippen LogP contribution < -0.4 is 20.1 Å². The molecule has 0 radical (unpaired) electrons. The zero-order chi connectivity index (χ0) is 21.4. The number of aromatic nitrogens is 3. The van der Waals surface area contributed by atoms with Gasteiger partial charge in [-0.2, -0.15) is 0 Å². The quantitative estimate of drug-likeness (QED) is 0.599. The third-order valence-electron chi connectivity index (χ3n) is 5.50. The van der Waals surface area contributed by atoms with E-state index in [0.29, 0.717) is 16.7 Å². The standard InChI is InChI=1S/C22H26ClN5O2/c1-5-14-16(29-3)9-17(30-4)19(23)18(14)15-8-13-10-25-22(24)27-20(13)21(26-15)28(2)11-12-6-7-12/h8-10,12H,5-7,11H2,1-4H3,(H2,24,25,27). The Morgan fingerprint density at radius 2 is 1.90 bits per heavy atom. The fourth-order valence-corrected chi connectivity index (χ4v) is 4.14. The van der Waals surface area contributed by atoms with E-state index in [2.05, 4.69) is 21.8 Å². The van der Waals surface area contributed by atoms with Crippen molar-refractivity contribution in [2.45, 2.75) is 26.2 Å². The second-order valence-electron chi connectivity index (χ2n) is 7.62. The predicted molar refractivity (Wildman–Crippen MR) is 121 cm³/mol. The summed E-state index contributed by atoms with van der Waals surface area (Å²) < 4.78 is 11.1. The number of hydrogen-bond donors (Lipinski definition) is 1. The molecule has 1 aliphatic rings. The molecule has 0 atom stereocenters. The van der Waals surface area contributed by atoms with Crippen LogP contribution in [-0.2, 0) is 6.42 Å². The van der Waals surface area contributed by atoms with Crippen molar-refractivity contribution in [3.8, 4) is 22.8 Å². The number of hydrogen-bond acceptors (Lipinski definition) is 7. The molecule has 7 nitrogen and oxygen atoms in total. The third kappa shape index (κ3) is 3.69. The van der Waals surface area contributed by atoms with Crippen molar-refractivity contribution < 1.29 is 9.47 Å². The smallest absolute Gasteiger partial charge is 0.220 e. The first kappa shape index (κ1) is 20.5. The Balaban J connectivity index is 1.98. The molecule has 1 saturated carbocycles. The summed E-state index contributed by atoms with van der Waals surface area (Å²) in [5.41, 5.74) is 9.12. The molecule has 2 heterocycles. The highest BCUT2D eigenvalue weighted by molar-refractivity contribution is 6.35. The summed E-state index contributed by atoms with van der Waals surface area (Å²) in [7, 11) is 5.27. The van der Waals surface area contributed by atoms with Crippen molar-refractivity contribution >= 4 is 34.3 Å². The minimum absolute atomic E-state index is 0.230. The van der Waals surface area contributed by atoms with Crippen LogP contribution >= 0.6 is 11.6 Å². The number of benzene rings is 1. The van der Waals surface area contributed by atoms with Gasteiger partial charge in [0.25, 0.3) is 0 Å². The highest BCUT2D eigenvalue weighted by Crippen LogP contribution is 2.44. The van der Waals surface area contributed by atoms with E-state index < -0.39 is 0 Å². The van der Waals surface area contributed by atoms with Crippen LogP contribution in [0.3, 0.4) is 0 Å². The fourth-order valence-electron chi connectivity index (χ4n) is 3.80. The van der Waals surface area contributed by atoms with Crippen LogP contribution in [0.5, 0.6) is 11.5 Å². The molecule has 0 saturated heterocycles. The summed E-state index contributed by atoms with van der Waals surface area (Å²) in [6, 6.07) is 3.76. The Kier molecular flexibility index (Phi) is 5.56. The average Bonchev–Trinajstić information content (AvgIpc) is 3.56. The summed E-state index contributed by atoms with van der Waals surface area (Å²) in [4.78, 5) is 15.8. The van der Waals surface area contributed by atoms with Crippen LogP contribution in [-0.4, -0.2) is 42.8 Å². The van der Waals surface area contributed by atoms with E-state index in [1.165, 1.54) is 12.8 Å². The Morgan fingerprint density at radius 3 is 2.53 bits per heavy atom. The molecule has 30 heavy (non-hydrogen) atoms. The second kappa shape index (κ2) is 8.14. The molecule has 1 fully saturated rings. The van der Waals surface area contributed by atoms with Crippen molar-refractivity contribution in [1.29, 1.82) is 0 Å². The van der Waals surface area contributed by atoms with Gasteiger partial charge in [-0.1, -0.05) is 18.5 Å². The summed E-state index contributed by atoms with van der Waals surface area (Å²) in [6.45, 7) is 2.99. The van der Waals surface area contributed by atoms with E-state index in [0.717, 1.165) is 52.3 Å². The number of nitrogens with two attached hydrogens (primary N) is 1. The number of nitrogens with zero attached hydrogens (tertiary/aromatic N) is 4. The summed E-state index contributed by atoms with van der Waals surface area (Å²) in [5, 5.41) is 1.36. The highest BCUT2D eigenvalue weighted by atomic mass is 35.5. The zero-order valence-electron chi connectivity index (χ0n) is 17.7. The Bertz CT molecular complexity index is 1100. The molecule has 0 aliphatic heterocycles. The maximum Gasteiger partial charge on any atom is 0.220 e. The van der Waals surface area contributed by atoms with Crippen LogP contribution in [0.25, 0.3) is 22.2 Å². The monoisotopic (exact) mass is 427 g/mol. The lowest BCUT2D eigenvalue weighted by Gasteiger charge is -2.22. The molecule has 0 spiro atoms. The number of rotatable bonds is 7. The van der Waals surface area contributed by atoms with Gasteiger partial charge in [0.05, 0.1) is 24.9 Å². The molecule has 0 bridgehead atoms. The first-order chi connectivity index (χ1) is 14.5. The van der Waals surface area contributed by atoms with E-state index in [-0.39, 0.29) is 5.95 Å². The van der Waals surface area contributed by atoms with Crippen molar-refractivity contribution in [1.82, 2.24) is 15.0 Å². The first-order valence-corrected chi connectivity index (χ1v) is 10.4. The Hall–Kier alpha value is -2.80. The highest BCUT2D eigenvalue weighted by Gasteiger charge is 2.26. The van der Waals surface area contributed by atoms with Gasteiger partial charge in [-0.15, -0.1) is 0 Å². The van der Waals surface area contributed by atoms with E-state index in [9.17, 15) is 0 Å². The maximum absolute atomic E-state index is 6.77. The van der Waals surface area contributed by atoms with Gasteiger partial charge < -0.3 is 20.1 Å². The predicted octanol–water partition coefficient (Wildman–Crippen LogP) is 4.35. The van der Waals surface area contributed by atoms with E-state index in [4.69, 9.17) is 31.8 Å². The lowest BCUT2D eigenvalue weighted by molar-refractivity contribution is 0.392. The van der Waals surface area contributed by atoms with Crippen LogP contribution in [0.4, 0.5) is 11.8 Å². The van der Waals surface area contributed by atoms with Gasteiger partial charge in [0.2, 0.25) is 5.95 Å². The van der Waals surface area contributed by atoms with Gasteiger partial charge in [-0.25, -0.2) is 15.0 Å². The second-order valence-corrected chi connectivity index (χ2v) is 8.00. The number of halogens is 1. The van der Waals surface area contributed by atoms with Gasteiger partial charge in [-0.3, -0.25) is 0 Å². The lowest BCUT2D eigenvalue weighted by atomic mass is 9.99. The van der Waals surface area contributed by atoms with Crippen molar-refractivity contribution in [2.75, 3.05) is 38.4 Å². The molecule has 0 unspecified atom stereocenters. The van der Waals surface area contributed by atoms with Crippen LogP contribution in [0.15, 0.2) is 18.3 Å². The van der Waals surface area contributed by atoms with Gasteiger partial charge in [0.15, 0.2) is 5.82 Å². The molecule has 1 aliphatic carbocycles. The Labute approximate surface area is 181 Å². The van der Waals surface area contributed by atoms with Crippen molar-refractivity contribution in [3.63, 3.8) is 0 Å². The largest absolute Gasteiger partial charge is 0.496 e. The Morgan fingerprint density at radius 1 is 1.17 bits per heavy atom. The molecule has 4 rings (SSSR count). The van der Waals surface area contributed by atoms with Gasteiger partial charge in [0.1, 0.15) is 17.0 Å². The van der Waals surface area contributed by atoms with Crippen molar-refractivity contribution in [3.05, 3.63) is 28.9 Å². The lowest BCUT2D eigenvalue weighted by Crippen LogP contribution is -2.22. The number of fused-ring (bicyclic) bond motifs is 1. The molecular formula is C22H26ClN5O2. The maximum atomic E-state index is 6.77. The average molecular weight is 428 g/mol. The van der Waals surface area contributed by atoms with E-state index >= 15 is 0 Å². The number of anilines is 2. The molecule has 8 heteroatoms. The van der Waals surface area contributed by atoms with Crippen molar-refractivity contribution in [2.24, 2.45) is 5.92 Å². The zero-order valence-corrected chi connectivity index (χ0v) is 18.5. The van der Waals surface area contributed by atoms with Gasteiger partial charge >= 0.3 is 0 Å². The number of nitrogen functional groups attached to an aromatic ring is 1. The van der Waals surface area contributed by atoms with Crippen LogP contribution in [0.2, 0.25) is 5.02 Å². The molecule has 2 N–H and O–H groups in total. The minimum Gasteiger partial charge on any atom is -0.496 e. The topological polar surface area (TPSA) is 86.4 Å². The molecule has 0 amide bonds. The SMILES string of the molecule is CCc1c(OC)cc(OC)c(Cl)c1-c1cc2cnc(N)nc2c(N(C)CC2CC2)n1. The number of methoxy groups -OCH3 is 2. The molecule has 3 aromatic rings. The summed E-state index contributed by atoms with van der Waals surface area (Å²) >= 11 is 6.77. The van der Waals surface area contributed by atoms with Gasteiger partial charge in [-0.05, 0) is 31.2 Å². The molecule has 158 valence electrons. The molecular weight excluding hydrogens is 402 g/mol. The number of ether oxygens (including phenoxy) is 2. The fraction of sp³-hybridized carbons (Fsp3) is 0.409. The third-order valence-corrected chi connectivity index (χ3v) is 5.88. The van der Waals surface area contributed by atoms with Crippen LogP contribution in [0, 0.1) is 5.92 Å². The normalized spacial score (nSPS) is 13.5. The molecule has 1 aromatic carbocycles. The summed E-state index contributed by atoms with van der Waals surface area (Å²) in [6.07, 6.45) is 4.96. The van der Waals surface area contributed by atoms with E-state index in [1.54, 1.807) is 20.4 Å². The van der Waals surface area contributed by atoms with Gasteiger partial charge in [0, 0.05) is 42.4 Å².